The van der Waals surface area contributed by atoms with Crippen LogP contribution in [0, 0.1) is 5.82 Å². The summed E-state index contributed by atoms with van der Waals surface area (Å²) in [5.74, 6) is 0.407. The minimum absolute atomic E-state index is 0.143. The van der Waals surface area contributed by atoms with E-state index in [9.17, 15) is 4.39 Å². The summed E-state index contributed by atoms with van der Waals surface area (Å²) in [4.78, 5) is 0. The van der Waals surface area contributed by atoms with Crippen LogP contribution in [0.15, 0.2) is 30.0 Å². The molecule has 0 bridgehead atoms. The molecule has 2 rings (SSSR count). The summed E-state index contributed by atoms with van der Waals surface area (Å²) in [5, 5.41) is 3.36. The summed E-state index contributed by atoms with van der Waals surface area (Å²) in [6, 6.07) is 4.78. The monoisotopic (exact) mass is 255 g/mol. The summed E-state index contributed by atoms with van der Waals surface area (Å²) < 4.78 is 19.5. The van der Waals surface area contributed by atoms with Crippen LogP contribution in [0.4, 0.5) is 4.39 Å². The second-order valence-electron chi connectivity index (χ2n) is 3.88. The summed E-state index contributed by atoms with van der Waals surface area (Å²) in [6.45, 7) is 3.38. The van der Waals surface area contributed by atoms with Crippen molar-refractivity contribution in [1.29, 1.82) is 0 Å². The topological polar surface area (TPSA) is 21.3 Å². The normalized spacial score (nSPS) is 16.5. The van der Waals surface area contributed by atoms with Crippen molar-refractivity contribution in [3.8, 4) is 0 Å². The summed E-state index contributed by atoms with van der Waals surface area (Å²) in [5.41, 5.74) is 0.535. The van der Waals surface area contributed by atoms with E-state index in [-0.39, 0.29) is 16.9 Å². The number of hydrogen-bond acceptors (Lipinski definition) is 2. The minimum Gasteiger partial charge on any atom is -0.496 e. The van der Waals surface area contributed by atoms with Crippen molar-refractivity contribution < 1.29 is 9.13 Å². The number of rotatable bonds is 4. The molecule has 1 aromatic carbocycles. The summed E-state index contributed by atoms with van der Waals surface area (Å²) >= 11 is 5.80. The third kappa shape index (κ3) is 2.61. The van der Waals surface area contributed by atoms with E-state index < -0.39 is 0 Å². The molecule has 0 radical (unpaired) electrons. The van der Waals surface area contributed by atoms with Crippen LogP contribution >= 0.6 is 11.6 Å². The fourth-order valence-corrected chi connectivity index (χ4v) is 2.13. The molecule has 4 heteroatoms. The molecule has 1 atom stereocenters. The van der Waals surface area contributed by atoms with Crippen LogP contribution in [0.2, 0.25) is 5.02 Å². The second kappa shape index (κ2) is 5.52. The maximum atomic E-state index is 14.0. The lowest BCUT2D eigenvalue weighted by Gasteiger charge is -2.20. The summed E-state index contributed by atoms with van der Waals surface area (Å²) in [6.07, 6.45) is 2.87. The van der Waals surface area contributed by atoms with Crippen molar-refractivity contribution in [2.75, 3.05) is 13.2 Å². The average molecular weight is 256 g/mol. The molecule has 92 valence electrons. The first-order chi connectivity index (χ1) is 8.24. The third-order valence-corrected chi connectivity index (χ3v) is 3.01. The van der Waals surface area contributed by atoms with Crippen LogP contribution in [-0.2, 0) is 4.74 Å². The van der Waals surface area contributed by atoms with Crippen molar-refractivity contribution in [2.24, 2.45) is 0 Å². The Balaban J connectivity index is 2.35. The highest BCUT2D eigenvalue weighted by Gasteiger charge is 2.23. The fraction of sp³-hybridized carbons (Fsp3) is 0.385. The van der Waals surface area contributed by atoms with Gasteiger partial charge in [0.15, 0.2) is 0 Å². The van der Waals surface area contributed by atoms with E-state index >= 15 is 0 Å². The number of benzene rings is 1. The third-order valence-electron chi connectivity index (χ3n) is 2.72. The molecule has 0 amide bonds. The lowest BCUT2D eigenvalue weighted by Crippen LogP contribution is -2.24. The number of halogens is 2. The van der Waals surface area contributed by atoms with Crippen molar-refractivity contribution in [3.63, 3.8) is 0 Å². The smallest absolute Gasteiger partial charge is 0.147 e. The molecular formula is C13H15ClFNO. The van der Waals surface area contributed by atoms with E-state index in [4.69, 9.17) is 16.3 Å². The van der Waals surface area contributed by atoms with Gasteiger partial charge in [0, 0.05) is 12.0 Å². The number of nitrogens with one attached hydrogen (secondary N) is 1. The highest BCUT2D eigenvalue weighted by molar-refractivity contribution is 6.30. The van der Waals surface area contributed by atoms with Crippen LogP contribution in [0.3, 0.4) is 0 Å². The molecule has 0 fully saturated rings. The standard InChI is InChI=1S/C13H15ClFNO/c1-2-16-13(11-7-4-8-17-11)9-5-3-6-10(14)12(9)15/h3,5-7,13,16H,2,4,8H2,1H3. The first kappa shape index (κ1) is 12.4. The fourth-order valence-electron chi connectivity index (χ4n) is 1.95. The van der Waals surface area contributed by atoms with E-state index in [0.29, 0.717) is 12.2 Å². The quantitative estimate of drug-likeness (QED) is 0.890. The Bertz CT molecular complexity index is 433. The van der Waals surface area contributed by atoms with Crippen LogP contribution in [-0.4, -0.2) is 13.2 Å². The largest absolute Gasteiger partial charge is 0.496 e. The molecule has 2 nitrogen and oxygen atoms in total. The van der Waals surface area contributed by atoms with Gasteiger partial charge in [-0.2, -0.15) is 0 Å². The molecule has 0 saturated heterocycles. The van der Waals surface area contributed by atoms with Gasteiger partial charge in [0.1, 0.15) is 11.6 Å². The molecule has 0 spiro atoms. The highest BCUT2D eigenvalue weighted by Crippen LogP contribution is 2.30. The Morgan fingerprint density at radius 1 is 1.53 bits per heavy atom. The average Bonchev–Trinajstić information content (AvgIpc) is 2.84. The van der Waals surface area contributed by atoms with Gasteiger partial charge in [0.05, 0.1) is 17.7 Å². The molecular weight excluding hydrogens is 241 g/mol. The SMILES string of the molecule is CCNC(C1=CCCO1)c1cccc(Cl)c1F. The highest BCUT2D eigenvalue weighted by atomic mass is 35.5. The molecule has 0 aliphatic carbocycles. The zero-order valence-corrected chi connectivity index (χ0v) is 10.4. The Morgan fingerprint density at radius 2 is 2.35 bits per heavy atom. The zero-order valence-electron chi connectivity index (χ0n) is 9.67. The van der Waals surface area contributed by atoms with Crippen LogP contribution in [0.1, 0.15) is 24.9 Å². The second-order valence-corrected chi connectivity index (χ2v) is 4.28. The number of ether oxygens (including phenoxy) is 1. The summed E-state index contributed by atoms with van der Waals surface area (Å²) in [7, 11) is 0. The van der Waals surface area contributed by atoms with E-state index in [1.54, 1.807) is 18.2 Å². The van der Waals surface area contributed by atoms with Crippen molar-refractivity contribution in [1.82, 2.24) is 5.32 Å². The lowest BCUT2D eigenvalue weighted by atomic mass is 10.0. The van der Waals surface area contributed by atoms with Crippen LogP contribution in [0.5, 0.6) is 0 Å². The molecule has 1 aromatic rings. The molecule has 0 aromatic heterocycles. The number of likely N-dealkylation sites (N-methyl/N-ethyl adjacent to an activating group) is 1. The van der Waals surface area contributed by atoms with Gasteiger partial charge in [-0.15, -0.1) is 0 Å². The Labute approximate surface area is 105 Å². The predicted molar refractivity (Wildman–Crippen MR) is 66.5 cm³/mol. The van der Waals surface area contributed by atoms with Gasteiger partial charge in [0.25, 0.3) is 0 Å². The Hall–Kier alpha value is -1.06. The Kier molecular flexibility index (Phi) is 4.02. The maximum absolute atomic E-state index is 14.0. The van der Waals surface area contributed by atoms with E-state index in [1.165, 1.54) is 0 Å². The predicted octanol–water partition coefficient (Wildman–Crippen LogP) is 3.43. The molecule has 1 aliphatic rings. The zero-order chi connectivity index (χ0) is 12.3. The van der Waals surface area contributed by atoms with E-state index in [1.807, 2.05) is 13.0 Å². The minimum atomic E-state index is -0.378. The molecule has 0 saturated carbocycles. The van der Waals surface area contributed by atoms with Crippen molar-refractivity contribution in [2.45, 2.75) is 19.4 Å². The van der Waals surface area contributed by atoms with Crippen LogP contribution < -0.4 is 5.32 Å². The van der Waals surface area contributed by atoms with Gasteiger partial charge >= 0.3 is 0 Å². The molecule has 17 heavy (non-hydrogen) atoms. The van der Waals surface area contributed by atoms with Gasteiger partial charge in [-0.3, -0.25) is 0 Å². The van der Waals surface area contributed by atoms with Gasteiger partial charge in [-0.1, -0.05) is 30.7 Å². The molecule has 1 aliphatic heterocycles. The first-order valence-corrected chi connectivity index (χ1v) is 6.12. The van der Waals surface area contributed by atoms with Crippen LogP contribution in [0.25, 0.3) is 0 Å². The van der Waals surface area contributed by atoms with E-state index in [0.717, 1.165) is 18.7 Å². The number of hydrogen-bond donors (Lipinski definition) is 1. The molecule has 1 heterocycles. The lowest BCUT2D eigenvalue weighted by molar-refractivity contribution is 0.215. The van der Waals surface area contributed by atoms with Gasteiger partial charge < -0.3 is 10.1 Å². The van der Waals surface area contributed by atoms with Gasteiger partial charge in [0.2, 0.25) is 0 Å². The van der Waals surface area contributed by atoms with Crippen molar-refractivity contribution in [3.05, 3.63) is 46.4 Å². The van der Waals surface area contributed by atoms with Crippen molar-refractivity contribution >= 4 is 11.6 Å². The van der Waals surface area contributed by atoms with Gasteiger partial charge in [-0.25, -0.2) is 4.39 Å². The molecule has 1 unspecified atom stereocenters. The first-order valence-electron chi connectivity index (χ1n) is 5.74. The van der Waals surface area contributed by atoms with E-state index in [2.05, 4.69) is 5.32 Å². The maximum Gasteiger partial charge on any atom is 0.147 e. The molecule has 1 N–H and O–H groups in total. The Morgan fingerprint density at radius 3 is 3.00 bits per heavy atom. The van der Waals surface area contributed by atoms with Gasteiger partial charge in [-0.05, 0) is 18.7 Å².